The average Bonchev–Trinajstić information content (AvgIpc) is 3.00. The van der Waals surface area contributed by atoms with E-state index in [1.807, 2.05) is 31.2 Å². The number of ether oxygens (including phenoxy) is 2. The quantitative estimate of drug-likeness (QED) is 0.863. The summed E-state index contributed by atoms with van der Waals surface area (Å²) in [7, 11) is 0. The van der Waals surface area contributed by atoms with E-state index in [1.54, 1.807) is 12.4 Å². The number of rotatable bonds is 3. The topological polar surface area (TPSA) is 60.4 Å². The minimum absolute atomic E-state index is 0.0541. The molecule has 0 bridgehead atoms. The number of piperidine rings is 1. The van der Waals surface area contributed by atoms with Crippen LogP contribution < -0.4 is 9.64 Å². The SMILES string of the molecule is Cc1ccc(N2CCC3(CC2)CC(Oc2cccnc2)CO3)nn1. The fourth-order valence-corrected chi connectivity index (χ4v) is 3.54. The number of anilines is 1. The molecule has 2 aliphatic heterocycles. The van der Waals surface area contributed by atoms with Crippen LogP contribution in [0, 0.1) is 6.92 Å². The van der Waals surface area contributed by atoms with Crippen LogP contribution in [-0.2, 0) is 4.74 Å². The fourth-order valence-electron chi connectivity index (χ4n) is 3.54. The van der Waals surface area contributed by atoms with Crippen LogP contribution in [0.1, 0.15) is 25.0 Å². The maximum atomic E-state index is 6.16. The van der Waals surface area contributed by atoms with E-state index >= 15 is 0 Å². The molecule has 0 aromatic carbocycles. The van der Waals surface area contributed by atoms with Gasteiger partial charge in [-0.05, 0) is 44.0 Å². The predicted molar refractivity (Wildman–Crippen MR) is 90.2 cm³/mol. The van der Waals surface area contributed by atoms with Gasteiger partial charge in [0, 0.05) is 25.7 Å². The van der Waals surface area contributed by atoms with Crippen LogP contribution in [0.25, 0.3) is 0 Å². The molecular formula is C18H22N4O2. The van der Waals surface area contributed by atoms with Crippen LogP contribution in [0.4, 0.5) is 5.82 Å². The third-order valence-electron chi connectivity index (χ3n) is 4.89. The number of pyridine rings is 1. The molecule has 6 nitrogen and oxygen atoms in total. The Kier molecular flexibility index (Phi) is 4.06. The predicted octanol–water partition coefficient (Wildman–Crippen LogP) is 2.39. The van der Waals surface area contributed by atoms with Gasteiger partial charge in [-0.2, -0.15) is 5.10 Å². The second kappa shape index (κ2) is 6.36. The van der Waals surface area contributed by atoms with E-state index in [4.69, 9.17) is 9.47 Å². The molecule has 4 rings (SSSR count). The Morgan fingerprint density at radius 2 is 2.08 bits per heavy atom. The van der Waals surface area contributed by atoms with Crippen molar-refractivity contribution in [3.05, 3.63) is 42.4 Å². The van der Waals surface area contributed by atoms with Crippen molar-refractivity contribution in [1.82, 2.24) is 15.2 Å². The molecule has 2 aromatic rings. The van der Waals surface area contributed by atoms with Gasteiger partial charge in [0.2, 0.25) is 0 Å². The molecule has 1 unspecified atom stereocenters. The van der Waals surface area contributed by atoms with Gasteiger partial charge in [-0.15, -0.1) is 5.10 Å². The summed E-state index contributed by atoms with van der Waals surface area (Å²) >= 11 is 0. The molecule has 2 aliphatic rings. The van der Waals surface area contributed by atoms with E-state index in [-0.39, 0.29) is 11.7 Å². The molecule has 0 aliphatic carbocycles. The third-order valence-corrected chi connectivity index (χ3v) is 4.89. The maximum absolute atomic E-state index is 6.16. The highest BCUT2D eigenvalue weighted by molar-refractivity contribution is 5.38. The highest BCUT2D eigenvalue weighted by Gasteiger charge is 2.43. The first-order valence-corrected chi connectivity index (χ1v) is 8.48. The molecule has 0 N–H and O–H groups in total. The summed E-state index contributed by atoms with van der Waals surface area (Å²) in [5.74, 6) is 1.77. The second-order valence-corrected chi connectivity index (χ2v) is 6.65. The molecule has 0 amide bonds. The van der Waals surface area contributed by atoms with Gasteiger partial charge in [-0.3, -0.25) is 4.98 Å². The van der Waals surface area contributed by atoms with E-state index in [0.717, 1.165) is 49.6 Å². The van der Waals surface area contributed by atoms with Crippen molar-refractivity contribution >= 4 is 5.82 Å². The molecule has 2 fully saturated rings. The smallest absolute Gasteiger partial charge is 0.151 e. The van der Waals surface area contributed by atoms with E-state index < -0.39 is 0 Å². The molecule has 2 aromatic heterocycles. The zero-order chi connectivity index (χ0) is 16.4. The monoisotopic (exact) mass is 326 g/mol. The minimum atomic E-state index is -0.0541. The summed E-state index contributed by atoms with van der Waals surface area (Å²) in [5.41, 5.74) is 0.892. The van der Waals surface area contributed by atoms with Crippen LogP contribution >= 0.6 is 0 Å². The van der Waals surface area contributed by atoms with Crippen LogP contribution in [0.15, 0.2) is 36.7 Å². The van der Waals surface area contributed by atoms with Gasteiger partial charge in [0.1, 0.15) is 11.9 Å². The number of aromatic nitrogens is 3. The minimum Gasteiger partial charge on any atom is -0.486 e. The Balaban J connectivity index is 1.34. The van der Waals surface area contributed by atoms with Gasteiger partial charge in [0.25, 0.3) is 0 Å². The normalized spacial score (nSPS) is 22.7. The van der Waals surface area contributed by atoms with E-state index in [1.165, 1.54) is 0 Å². The van der Waals surface area contributed by atoms with Gasteiger partial charge in [-0.25, -0.2) is 0 Å². The van der Waals surface area contributed by atoms with Crippen molar-refractivity contribution in [3.63, 3.8) is 0 Å². The van der Waals surface area contributed by atoms with Crippen molar-refractivity contribution in [2.75, 3.05) is 24.6 Å². The lowest BCUT2D eigenvalue weighted by Crippen LogP contribution is -2.44. The summed E-state index contributed by atoms with van der Waals surface area (Å²) in [6.45, 7) is 4.49. The van der Waals surface area contributed by atoms with E-state index in [2.05, 4.69) is 20.1 Å². The summed E-state index contributed by atoms with van der Waals surface area (Å²) in [4.78, 5) is 6.38. The average molecular weight is 326 g/mol. The van der Waals surface area contributed by atoms with Crippen molar-refractivity contribution in [3.8, 4) is 5.75 Å². The number of aryl methyl sites for hydroxylation is 1. The lowest BCUT2D eigenvalue weighted by Gasteiger charge is -2.38. The Morgan fingerprint density at radius 1 is 1.21 bits per heavy atom. The summed E-state index contributed by atoms with van der Waals surface area (Å²) in [6, 6.07) is 7.89. The number of hydrogen-bond donors (Lipinski definition) is 0. The fraction of sp³-hybridized carbons (Fsp3) is 0.500. The summed E-state index contributed by atoms with van der Waals surface area (Å²) in [5, 5.41) is 8.44. The largest absolute Gasteiger partial charge is 0.486 e. The van der Waals surface area contributed by atoms with Crippen LogP contribution in [0.2, 0.25) is 0 Å². The van der Waals surface area contributed by atoms with Gasteiger partial charge >= 0.3 is 0 Å². The molecular weight excluding hydrogens is 304 g/mol. The van der Waals surface area contributed by atoms with E-state index in [9.17, 15) is 0 Å². The van der Waals surface area contributed by atoms with Crippen molar-refractivity contribution in [1.29, 1.82) is 0 Å². The van der Waals surface area contributed by atoms with Crippen LogP contribution in [0.5, 0.6) is 5.75 Å². The van der Waals surface area contributed by atoms with Crippen molar-refractivity contribution < 1.29 is 9.47 Å². The lowest BCUT2D eigenvalue weighted by atomic mass is 9.88. The summed E-state index contributed by atoms with van der Waals surface area (Å²) in [6.07, 6.45) is 6.55. The molecule has 6 heteroatoms. The van der Waals surface area contributed by atoms with Crippen LogP contribution in [0.3, 0.4) is 0 Å². The molecule has 0 saturated carbocycles. The highest BCUT2D eigenvalue weighted by atomic mass is 16.6. The molecule has 24 heavy (non-hydrogen) atoms. The van der Waals surface area contributed by atoms with Gasteiger partial charge < -0.3 is 14.4 Å². The lowest BCUT2D eigenvalue weighted by molar-refractivity contribution is -0.0163. The maximum Gasteiger partial charge on any atom is 0.151 e. The van der Waals surface area contributed by atoms with Crippen LogP contribution in [-0.4, -0.2) is 46.6 Å². The van der Waals surface area contributed by atoms with E-state index in [0.29, 0.717) is 6.61 Å². The zero-order valence-electron chi connectivity index (χ0n) is 13.9. The molecule has 2 saturated heterocycles. The Morgan fingerprint density at radius 3 is 2.79 bits per heavy atom. The zero-order valence-corrected chi connectivity index (χ0v) is 13.9. The second-order valence-electron chi connectivity index (χ2n) is 6.65. The Bertz CT molecular complexity index is 669. The van der Waals surface area contributed by atoms with Gasteiger partial charge in [0.15, 0.2) is 5.82 Å². The molecule has 126 valence electrons. The number of nitrogens with zero attached hydrogens (tertiary/aromatic N) is 4. The standard InChI is InChI=1S/C18H22N4O2/c1-14-4-5-17(21-20-14)22-9-6-18(7-10-22)11-16(13-23-18)24-15-3-2-8-19-12-15/h2-5,8,12,16H,6-7,9-11,13H2,1H3. The first kappa shape index (κ1) is 15.3. The van der Waals surface area contributed by atoms with Crippen molar-refractivity contribution in [2.24, 2.45) is 0 Å². The first-order valence-electron chi connectivity index (χ1n) is 8.48. The molecule has 1 atom stereocenters. The van der Waals surface area contributed by atoms with Gasteiger partial charge in [-0.1, -0.05) is 0 Å². The van der Waals surface area contributed by atoms with Crippen molar-refractivity contribution in [2.45, 2.75) is 37.9 Å². The molecule has 1 spiro atoms. The first-order chi connectivity index (χ1) is 11.7. The van der Waals surface area contributed by atoms with Gasteiger partial charge in [0.05, 0.1) is 24.1 Å². The Hall–Kier alpha value is -2.21. The molecule has 0 radical (unpaired) electrons. The Labute approximate surface area is 141 Å². The highest BCUT2D eigenvalue weighted by Crippen LogP contribution is 2.38. The third kappa shape index (κ3) is 3.19. The molecule has 4 heterocycles. The summed E-state index contributed by atoms with van der Waals surface area (Å²) < 4.78 is 12.2. The number of hydrogen-bond acceptors (Lipinski definition) is 6.